The number of carbonyl (C=O) groups is 1. The van der Waals surface area contributed by atoms with Gasteiger partial charge in [-0.1, -0.05) is 6.42 Å². The Morgan fingerprint density at radius 2 is 2.24 bits per heavy atom. The van der Waals surface area contributed by atoms with Gasteiger partial charge in [-0.25, -0.2) is 15.3 Å². The molecular weight excluding hydrogens is 222 g/mol. The molecule has 94 valence electrons. The number of carbonyl (C=O) groups excluding carboxylic acids is 1. The van der Waals surface area contributed by atoms with Crippen LogP contribution in [0.1, 0.15) is 31.5 Å². The van der Waals surface area contributed by atoms with Crippen molar-refractivity contribution in [2.45, 2.75) is 45.2 Å². The monoisotopic (exact) mass is 239 g/mol. The minimum Gasteiger partial charge on any atom is -0.294 e. The number of amides is 1. The standard InChI is InChI=1S/C10H17N5O2/c11-12-9(16)5-7-15-10(17)14-6-3-1-2-4-8(14)13-15/h1-7,11H2,(H,12,16). The summed E-state index contributed by atoms with van der Waals surface area (Å²) in [5.74, 6) is 5.52. The first-order valence-corrected chi connectivity index (χ1v) is 5.88. The lowest BCUT2D eigenvalue weighted by atomic mass is 10.2. The number of nitrogens with one attached hydrogen (secondary N) is 1. The molecule has 3 N–H and O–H groups in total. The Morgan fingerprint density at radius 3 is 3.00 bits per heavy atom. The Balaban J connectivity index is 2.14. The molecule has 0 aliphatic carbocycles. The van der Waals surface area contributed by atoms with E-state index in [4.69, 9.17) is 5.84 Å². The van der Waals surface area contributed by atoms with Crippen LogP contribution in [-0.4, -0.2) is 20.3 Å². The Morgan fingerprint density at radius 1 is 1.41 bits per heavy atom. The van der Waals surface area contributed by atoms with Crippen molar-refractivity contribution in [3.63, 3.8) is 0 Å². The first kappa shape index (κ1) is 11.8. The Hall–Kier alpha value is -1.63. The van der Waals surface area contributed by atoms with E-state index in [-0.39, 0.29) is 24.6 Å². The smallest absolute Gasteiger partial charge is 0.294 e. The van der Waals surface area contributed by atoms with E-state index in [1.165, 1.54) is 4.68 Å². The lowest BCUT2D eigenvalue weighted by Gasteiger charge is -1.99. The van der Waals surface area contributed by atoms with Gasteiger partial charge in [0, 0.05) is 19.4 Å². The average molecular weight is 239 g/mol. The number of hydrogen-bond acceptors (Lipinski definition) is 4. The number of aromatic nitrogens is 3. The Labute approximate surface area is 98.6 Å². The largest absolute Gasteiger partial charge is 0.345 e. The van der Waals surface area contributed by atoms with Crippen LogP contribution in [0.25, 0.3) is 0 Å². The van der Waals surface area contributed by atoms with Crippen LogP contribution in [0.15, 0.2) is 4.79 Å². The number of hydrazine groups is 1. The zero-order valence-electron chi connectivity index (χ0n) is 9.69. The summed E-state index contributed by atoms with van der Waals surface area (Å²) in [7, 11) is 0. The molecule has 17 heavy (non-hydrogen) atoms. The van der Waals surface area contributed by atoms with Gasteiger partial charge in [-0.2, -0.15) is 5.10 Å². The first-order valence-electron chi connectivity index (χ1n) is 5.88. The zero-order chi connectivity index (χ0) is 12.3. The van der Waals surface area contributed by atoms with Gasteiger partial charge in [0.05, 0.1) is 6.54 Å². The SMILES string of the molecule is NNC(=O)CCn1nc2n(c1=O)CCCCC2. The van der Waals surface area contributed by atoms with Crippen LogP contribution in [0.3, 0.4) is 0 Å². The Kier molecular flexibility index (Phi) is 3.58. The minimum atomic E-state index is -0.292. The first-order chi connectivity index (χ1) is 8.22. The maximum absolute atomic E-state index is 12.0. The lowest BCUT2D eigenvalue weighted by molar-refractivity contribution is -0.121. The van der Waals surface area contributed by atoms with Crippen molar-refractivity contribution in [2.24, 2.45) is 5.84 Å². The van der Waals surface area contributed by atoms with Gasteiger partial charge in [0.1, 0.15) is 5.82 Å². The summed E-state index contributed by atoms with van der Waals surface area (Å²) < 4.78 is 3.07. The molecule has 0 unspecified atom stereocenters. The molecule has 1 aliphatic heterocycles. The van der Waals surface area contributed by atoms with Crippen molar-refractivity contribution in [1.29, 1.82) is 0 Å². The van der Waals surface area contributed by atoms with Crippen molar-refractivity contribution in [2.75, 3.05) is 0 Å². The number of hydrogen-bond donors (Lipinski definition) is 2. The van der Waals surface area contributed by atoms with Gasteiger partial charge in [0.2, 0.25) is 5.91 Å². The summed E-state index contributed by atoms with van der Waals surface area (Å²) in [5, 5.41) is 4.26. The van der Waals surface area contributed by atoms with Crippen molar-refractivity contribution in [3.05, 3.63) is 16.3 Å². The predicted molar refractivity (Wildman–Crippen MR) is 61.0 cm³/mol. The topological polar surface area (TPSA) is 94.9 Å². The Bertz CT molecular complexity index is 462. The maximum Gasteiger partial charge on any atom is 0.345 e. The van der Waals surface area contributed by atoms with E-state index in [0.29, 0.717) is 0 Å². The van der Waals surface area contributed by atoms with E-state index < -0.39 is 0 Å². The summed E-state index contributed by atoms with van der Waals surface area (Å²) >= 11 is 0. The van der Waals surface area contributed by atoms with Gasteiger partial charge in [0.15, 0.2) is 0 Å². The summed E-state index contributed by atoms with van der Waals surface area (Å²) in [4.78, 5) is 23.0. The normalized spacial score (nSPS) is 15.1. The third-order valence-electron chi connectivity index (χ3n) is 2.99. The number of nitrogens with two attached hydrogens (primary N) is 1. The number of nitrogens with zero attached hydrogens (tertiary/aromatic N) is 3. The van der Waals surface area contributed by atoms with E-state index in [2.05, 4.69) is 5.10 Å². The van der Waals surface area contributed by atoms with E-state index in [0.717, 1.165) is 38.1 Å². The van der Waals surface area contributed by atoms with E-state index >= 15 is 0 Å². The fourth-order valence-corrected chi connectivity index (χ4v) is 2.05. The molecule has 0 saturated heterocycles. The molecule has 1 aliphatic rings. The second-order valence-corrected chi connectivity index (χ2v) is 4.20. The molecule has 7 nitrogen and oxygen atoms in total. The highest BCUT2D eigenvalue weighted by atomic mass is 16.2. The molecule has 0 spiro atoms. The van der Waals surface area contributed by atoms with Gasteiger partial charge in [0.25, 0.3) is 0 Å². The van der Waals surface area contributed by atoms with Crippen molar-refractivity contribution >= 4 is 5.91 Å². The van der Waals surface area contributed by atoms with Crippen LogP contribution in [0.2, 0.25) is 0 Å². The fraction of sp³-hybridized carbons (Fsp3) is 0.700. The summed E-state index contributed by atoms with van der Waals surface area (Å²) in [6, 6.07) is 0. The van der Waals surface area contributed by atoms with Crippen LogP contribution in [-0.2, 0) is 24.3 Å². The molecule has 0 saturated carbocycles. The molecule has 0 fully saturated rings. The third-order valence-corrected chi connectivity index (χ3v) is 2.99. The predicted octanol–water partition coefficient (Wildman–Crippen LogP) is -0.849. The molecule has 1 aromatic heterocycles. The summed E-state index contributed by atoms with van der Waals surface area (Å²) in [6.07, 6.45) is 4.23. The molecule has 7 heteroatoms. The average Bonchev–Trinajstić information content (AvgIpc) is 2.54. The van der Waals surface area contributed by atoms with E-state index in [1.54, 1.807) is 4.57 Å². The third kappa shape index (κ3) is 2.55. The van der Waals surface area contributed by atoms with Crippen LogP contribution in [0.5, 0.6) is 0 Å². The highest BCUT2D eigenvalue weighted by Gasteiger charge is 2.15. The molecule has 1 aromatic rings. The van der Waals surface area contributed by atoms with Gasteiger partial charge in [-0.15, -0.1) is 0 Å². The summed E-state index contributed by atoms with van der Waals surface area (Å²) in [5.41, 5.74) is 1.92. The number of rotatable bonds is 3. The van der Waals surface area contributed by atoms with Crippen LogP contribution in [0.4, 0.5) is 0 Å². The van der Waals surface area contributed by atoms with Gasteiger partial charge in [-0.05, 0) is 12.8 Å². The lowest BCUT2D eigenvalue weighted by Crippen LogP contribution is -2.32. The van der Waals surface area contributed by atoms with Crippen molar-refractivity contribution in [3.8, 4) is 0 Å². The molecule has 0 atom stereocenters. The summed E-state index contributed by atoms with van der Waals surface area (Å²) in [6.45, 7) is 1.01. The highest BCUT2D eigenvalue weighted by Crippen LogP contribution is 2.10. The molecule has 2 rings (SSSR count). The van der Waals surface area contributed by atoms with Gasteiger partial charge in [-0.3, -0.25) is 14.8 Å². The van der Waals surface area contributed by atoms with Gasteiger partial charge < -0.3 is 0 Å². The zero-order valence-corrected chi connectivity index (χ0v) is 9.69. The molecule has 0 aromatic carbocycles. The van der Waals surface area contributed by atoms with Crippen LogP contribution in [0, 0.1) is 0 Å². The number of aryl methyl sites for hydroxylation is 2. The quantitative estimate of drug-likeness (QED) is 0.408. The maximum atomic E-state index is 12.0. The van der Waals surface area contributed by atoms with E-state index in [1.807, 2.05) is 5.43 Å². The highest BCUT2D eigenvalue weighted by molar-refractivity contribution is 5.74. The molecule has 1 amide bonds. The van der Waals surface area contributed by atoms with Crippen LogP contribution >= 0.6 is 0 Å². The molecule has 2 heterocycles. The van der Waals surface area contributed by atoms with Crippen molar-refractivity contribution in [1.82, 2.24) is 19.8 Å². The van der Waals surface area contributed by atoms with Gasteiger partial charge >= 0.3 is 5.69 Å². The van der Waals surface area contributed by atoms with Crippen molar-refractivity contribution < 1.29 is 4.79 Å². The second kappa shape index (κ2) is 5.13. The number of fused-ring (bicyclic) bond motifs is 1. The van der Waals surface area contributed by atoms with E-state index in [9.17, 15) is 9.59 Å². The van der Waals surface area contributed by atoms with Crippen LogP contribution < -0.4 is 17.0 Å². The molecule has 0 radical (unpaired) electrons. The minimum absolute atomic E-state index is 0.119. The fourth-order valence-electron chi connectivity index (χ4n) is 2.05. The molecule has 0 bridgehead atoms. The molecular formula is C10H17N5O2. The second-order valence-electron chi connectivity index (χ2n) is 4.20.